The molecule has 0 spiro atoms. The molecule has 0 heterocycles. The van der Waals surface area contributed by atoms with Gasteiger partial charge in [-0.25, -0.2) is 0 Å². The van der Waals surface area contributed by atoms with Crippen molar-refractivity contribution in [1.82, 2.24) is 0 Å². The van der Waals surface area contributed by atoms with E-state index in [-0.39, 0.29) is 39.0 Å². The Labute approximate surface area is 135 Å². The summed E-state index contributed by atoms with van der Waals surface area (Å²) >= 11 is 1.32. The van der Waals surface area contributed by atoms with Crippen molar-refractivity contribution in [2.45, 2.75) is 61.0 Å². The van der Waals surface area contributed by atoms with Gasteiger partial charge in [-0.3, -0.25) is 0 Å². The van der Waals surface area contributed by atoms with Crippen LogP contribution in [0, 0.1) is 0 Å². The van der Waals surface area contributed by atoms with Crippen LogP contribution in [0.1, 0.15) is 34.6 Å². The van der Waals surface area contributed by atoms with Crippen LogP contribution in [0.3, 0.4) is 0 Å². The van der Waals surface area contributed by atoms with Gasteiger partial charge in [0.05, 0.1) is 0 Å². The van der Waals surface area contributed by atoms with Crippen LogP contribution >= 0.6 is 24.8 Å². The van der Waals surface area contributed by atoms with Crippen LogP contribution in [0.15, 0.2) is 0 Å². The van der Waals surface area contributed by atoms with Crippen LogP contribution in [0.25, 0.3) is 0 Å². The molecule has 0 bridgehead atoms. The molecule has 0 saturated carbocycles. The van der Waals surface area contributed by atoms with Crippen LogP contribution in [0.2, 0.25) is 26.4 Å². The molecule has 16 heavy (non-hydrogen) atoms. The van der Waals surface area contributed by atoms with Crippen LogP contribution in [0.5, 0.6) is 0 Å². The molecule has 0 aliphatic rings. The Morgan fingerprint density at radius 1 is 0.812 bits per heavy atom. The minimum atomic E-state index is -0.171. The van der Waals surface area contributed by atoms with Crippen molar-refractivity contribution in [1.29, 1.82) is 0 Å². The maximum atomic E-state index is 8.19. The van der Waals surface area contributed by atoms with E-state index >= 15 is 0 Å². The summed E-state index contributed by atoms with van der Waals surface area (Å²) in [7, 11) is 0. The Bertz CT molecular complexity index is 81.7. The van der Waals surface area contributed by atoms with Crippen molar-refractivity contribution in [3.05, 3.63) is 0 Å². The molecule has 0 aromatic rings. The standard InChI is InChI=1S/5C2H5.2Al.2ClH.O.V.H/c5*1-2;;;;;;;/h5*1H2,2H3;;;2*1H;;;. The Morgan fingerprint density at radius 3 is 1.06 bits per heavy atom. The van der Waals surface area contributed by atoms with Crippen LogP contribution < -0.4 is 0 Å². The van der Waals surface area contributed by atoms with Gasteiger partial charge in [0.1, 0.15) is 0 Å². The third kappa shape index (κ3) is 36.0. The molecule has 0 rings (SSSR count). The first kappa shape index (κ1) is 30.8. The molecule has 6 heteroatoms. The van der Waals surface area contributed by atoms with Crippen molar-refractivity contribution >= 4 is 54.2 Å². The van der Waals surface area contributed by atoms with E-state index in [4.69, 9.17) is 3.67 Å². The summed E-state index contributed by atoms with van der Waals surface area (Å²) in [5.41, 5.74) is 0. The molecule has 0 saturated heterocycles. The normalized spacial score (nSPS) is 6.50. The third-order valence-corrected chi connectivity index (χ3v) is 7.32. The topological polar surface area (TPSA) is 17.1 Å². The molecule has 0 aromatic carbocycles. The summed E-state index contributed by atoms with van der Waals surface area (Å²) in [5, 5.41) is 7.44. The van der Waals surface area contributed by atoms with E-state index in [2.05, 4.69) is 34.6 Å². The molecule has 99 valence electrons. The fraction of sp³-hybridized carbons (Fsp3) is 1.00. The predicted octanol–water partition coefficient (Wildman–Crippen LogP) is 4.56. The van der Waals surface area contributed by atoms with Crippen LogP contribution in [0.4, 0.5) is 0 Å². The average Bonchev–Trinajstić information content (AvgIpc) is 2.25. The molecule has 0 aliphatic carbocycles. The second-order valence-electron chi connectivity index (χ2n) is 3.44. The van der Waals surface area contributed by atoms with Crippen molar-refractivity contribution < 1.29 is 21.0 Å². The van der Waals surface area contributed by atoms with Gasteiger partial charge >= 0.3 is 21.0 Å². The Kier molecular flexibility index (Phi) is 69.2. The fourth-order valence-electron chi connectivity index (χ4n) is 1.22. The summed E-state index contributed by atoms with van der Waals surface area (Å²) in [6.07, 6.45) is 0. The van der Waals surface area contributed by atoms with Crippen LogP contribution in [-0.2, 0) is 21.0 Å². The van der Waals surface area contributed by atoms with Gasteiger partial charge in [-0.2, -0.15) is 0 Å². The van der Waals surface area contributed by atoms with Gasteiger partial charge in [0.15, 0.2) is 0 Å². The first-order chi connectivity index (χ1) is 6.76. The third-order valence-electron chi connectivity index (χ3n) is 2.44. The molecule has 0 atom stereocenters. The zero-order chi connectivity index (χ0) is 11.8. The van der Waals surface area contributed by atoms with Crippen molar-refractivity contribution in [2.24, 2.45) is 0 Å². The van der Waals surface area contributed by atoms with Gasteiger partial charge in [-0.15, -0.1) is 35.4 Å². The summed E-state index contributed by atoms with van der Waals surface area (Å²) in [4.78, 5) is 0. The fourth-order valence-corrected chi connectivity index (χ4v) is 3.66. The van der Waals surface area contributed by atoms with Crippen molar-refractivity contribution in [3.63, 3.8) is 0 Å². The van der Waals surface area contributed by atoms with E-state index in [1.54, 1.807) is 0 Å². The van der Waals surface area contributed by atoms with E-state index in [0.29, 0.717) is 15.2 Å². The Hall–Kier alpha value is 2.03. The first-order valence-electron chi connectivity index (χ1n) is 5.94. The molecule has 0 aliphatic heterocycles. The molecule has 1 nitrogen and oxygen atoms in total. The molecule has 0 N–H and O–H groups in total. The molecular weight excluding hydrogens is 312 g/mol. The number of hydrogen-bond acceptors (Lipinski definition) is 1. The summed E-state index contributed by atoms with van der Waals surface area (Å²) in [6, 6.07) is 0. The quantitative estimate of drug-likeness (QED) is 0.671. The van der Waals surface area contributed by atoms with Gasteiger partial charge in [0, 0.05) is 0 Å². The van der Waals surface area contributed by atoms with E-state index in [0.717, 1.165) is 17.4 Å². The molecule has 0 amide bonds. The zero-order valence-corrected chi connectivity index (χ0v) is 17.1. The van der Waals surface area contributed by atoms with Crippen LogP contribution in [-0.4, -0.2) is 29.4 Å². The van der Waals surface area contributed by atoms with E-state index in [9.17, 15) is 0 Å². The summed E-state index contributed by atoms with van der Waals surface area (Å²) in [6.45, 7) is 11.5. The number of hydrogen-bond donors (Lipinski definition) is 0. The molecule has 0 fully saturated rings. The van der Waals surface area contributed by atoms with Crippen molar-refractivity contribution in [3.8, 4) is 0 Å². The second kappa shape index (κ2) is 36.0. The summed E-state index contributed by atoms with van der Waals surface area (Å²) < 4.78 is 8.19. The van der Waals surface area contributed by atoms with Gasteiger partial charge < -0.3 is 0 Å². The molecular formula is C10H28Al2Cl2OV. The van der Waals surface area contributed by atoms with Crippen molar-refractivity contribution in [2.75, 3.05) is 0 Å². The van der Waals surface area contributed by atoms with E-state index in [1.165, 1.54) is 26.4 Å². The van der Waals surface area contributed by atoms with Gasteiger partial charge in [0.25, 0.3) is 14.1 Å². The SMILES string of the molecule is C[CH2][AlH][CH2]C.C[CH2][Al]([CH2]C)[CH2]C.Cl.Cl.[O]=[V]. The Morgan fingerprint density at radius 2 is 1.06 bits per heavy atom. The number of rotatable bonds is 5. The average molecular weight is 340 g/mol. The Balaban J connectivity index is -0.0000000404. The van der Waals surface area contributed by atoms with Gasteiger partial charge in [-0.1, -0.05) is 50.5 Å². The zero-order valence-electron chi connectivity index (χ0n) is 11.5. The predicted molar refractivity (Wildman–Crippen MR) is 80.5 cm³/mol. The summed E-state index contributed by atoms with van der Waals surface area (Å²) in [5.74, 6) is 0. The van der Waals surface area contributed by atoms with E-state index in [1.807, 2.05) is 0 Å². The minimum absolute atomic E-state index is 0. The van der Waals surface area contributed by atoms with E-state index < -0.39 is 0 Å². The molecule has 0 unspecified atom stereocenters. The molecule has 0 radical (unpaired) electrons. The van der Waals surface area contributed by atoms with Gasteiger partial charge in [0.2, 0.25) is 15.2 Å². The monoisotopic (exact) mass is 339 g/mol. The maximum absolute atomic E-state index is 8.19. The first-order valence-corrected chi connectivity index (χ1v) is 11.0. The number of halogens is 2. The van der Waals surface area contributed by atoms with Gasteiger partial charge in [-0.05, 0) is 0 Å². The molecule has 0 aromatic heterocycles. The second-order valence-corrected chi connectivity index (χ2v) is 10.3.